The SMILES string of the molecule is CCn1c(-c2cccnc2[C@H](C)OC)c2c3cc(ccc31)-c1cc(O)cc(c1)CC(=NC(=O)[C@H](C(C)C)N(C)C(=O)C1CC(O)C1)C(=O)N1CCC[C@H](N1)C(=O)OCC(C)(C)C2. The van der Waals surface area contributed by atoms with Crippen molar-refractivity contribution in [2.24, 2.45) is 22.2 Å². The predicted octanol–water partition coefficient (Wildman–Crippen LogP) is 6.19. The second-order valence-corrected chi connectivity index (χ2v) is 18.3. The number of aromatic nitrogens is 2. The molecule has 1 aliphatic carbocycles. The molecule has 3 atom stereocenters. The zero-order valence-corrected chi connectivity index (χ0v) is 37.1. The summed E-state index contributed by atoms with van der Waals surface area (Å²) in [6.45, 7) is 12.9. The third-order valence-electron chi connectivity index (χ3n) is 12.6. The molecule has 2 aromatic carbocycles. The van der Waals surface area contributed by atoms with E-state index in [0.717, 1.165) is 39.0 Å². The number of esters is 1. The van der Waals surface area contributed by atoms with Crippen molar-refractivity contribution in [2.45, 2.75) is 111 Å². The fraction of sp³-hybridized carbons (Fsp3) is 0.500. The van der Waals surface area contributed by atoms with Gasteiger partial charge in [0, 0.05) is 67.7 Å². The fourth-order valence-electron chi connectivity index (χ4n) is 9.24. The highest BCUT2D eigenvalue weighted by Crippen LogP contribution is 2.42. The first kappa shape index (κ1) is 44.6. The van der Waals surface area contributed by atoms with Crippen LogP contribution in [0.15, 0.2) is 59.7 Å². The van der Waals surface area contributed by atoms with Crippen molar-refractivity contribution in [3.8, 4) is 28.1 Å². The average molecular weight is 849 g/mol. The van der Waals surface area contributed by atoms with Gasteiger partial charge >= 0.3 is 5.97 Å². The van der Waals surface area contributed by atoms with Gasteiger partial charge in [-0.15, -0.1) is 0 Å². The molecule has 330 valence electrons. The summed E-state index contributed by atoms with van der Waals surface area (Å²) in [6, 6.07) is 13.5. The monoisotopic (exact) mass is 848 g/mol. The predicted molar refractivity (Wildman–Crippen MR) is 236 cm³/mol. The maximum atomic E-state index is 14.5. The molecule has 14 heteroatoms. The molecule has 0 unspecified atom stereocenters. The number of amides is 3. The summed E-state index contributed by atoms with van der Waals surface area (Å²) in [4.78, 5) is 66.6. The molecule has 7 rings (SSSR count). The van der Waals surface area contributed by atoms with E-state index in [1.165, 1.54) is 9.91 Å². The number of aliphatic hydroxyl groups is 1. The Morgan fingerprint density at radius 1 is 1.10 bits per heavy atom. The Kier molecular flexibility index (Phi) is 13.0. The van der Waals surface area contributed by atoms with Gasteiger partial charge in [0.1, 0.15) is 23.5 Å². The third kappa shape index (κ3) is 9.04. The molecule has 2 aliphatic heterocycles. The number of aryl methyl sites for hydroxylation is 1. The number of hydrogen-bond donors (Lipinski definition) is 3. The number of ether oxygens (including phenoxy) is 2. The lowest BCUT2D eigenvalue weighted by atomic mass is 9.81. The molecule has 1 saturated heterocycles. The number of nitrogens with one attached hydrogen (secondary N) is 1. The number of carbonyl (C=O) groups excluding carboxylic acids is 4. The van der Waals surface area contributed by atoms with Crippen molar-refractivity contribution >= 4 is 40.3 Å². The lowest BCUT2D eigenvalue weighted by Gasteiger charge is -2.37. The van der Waals surface area contributed by atoms with Crippen LogP contribution in [0.4, 0.5) is 0 Å². The van der Waals surface area contributed by atoms with Gasteiger partial charge in [0.15, 0.2) is 0 Å². The van der Waals surface area contributed by atoms with Crippen LogP contribution in [0.2, 0.25) is 0 Å². The van der Waals surface area contributed by atoms with Crippen LogP contribution in [-0.2, 0) is 48.0 Å². The van der Waals surface area contributed by atoms with Crippen LogP contribution < -0.4 is 5.43 Å². The van der Waals surface area contributed by atoms with E-state index in [2.05, 4.69) is 54.0 Å². The number of hydrazine groups is 1. The van der Waals surface area contributed by atoms with Gasteiger partial charge in [-0.25, -0.2) is 10.4 Å². The number of rotatable bonds is 8. The van der Waals surface area contributed by atoms with Gasteiger partial charge in [-0.05, 0) is 111 Å². The normalized spacial score (nSPS) is 22.2. The number of aliphatic hydroxyl groups excluding tert-OH is 1. The number of pyridine rings is 1. The second kappa shape index (κ2) is 18.1. The minimum Gasteiger partial charge on any atom is -0.508 e. The van der Waals surface area contributed by atoms with Crippen LogP contribution in [0.3, 0.4) is 0 Å². The van der Waals surface area contributed by atoms with Gasteiger partial charge in [0.05, 0.1) is 30.2 Å². The Bertz CT molecular complexity index is 2400. The molecule has 0 spiro atoms. The number of nitrogens with zero attached hydrogens (tertiary/aromatic N) is 5. The van der Waals surface area contributed by atoms with Gasteiger partial charge in [0.2, 0.25) is 5.91 Å². The fourth-order valence-corrected chi connectivity index (χ4v) is 9.24. The summed E-state index contributed by atoms with van der Waals surface area (Å²) < 4.78 is 14.2. The molecule has 62 heavy (non-hydrogen) atoms. The largest absolute Gasteiger partial charge is 0.508 e. The Balaban J connectivity index is 1.38. The molecule has 1 saturated carbocycles. The Morgan fingerprint density at radius 3 is 2.55 bits per heavy atom. The summed E-state index contributed by atoms with van der Waals surface area (Å²) in [5, 5.41) is 23.4. The van der Waals surface area contributed by atoms with E-state index < -0.39 is 47.3 Å². The van der Waals surface area contributed by atoms with E-state index in [1.54, 1.807) is 32.5 Å². The molecule has 0 radical (unpaired) electrons. The van der Waals surface area contributed by atoms with Gasteiger partial charge in [-0.2, -0.15) is 0 Å². The number of likely N-dealkylation sites (N-methyl/N-ethyl adjacent to an activating group) is 1. The molecule has 4 aromatic rings. The highest BCUT2D eigenvalue weighted by atomic mass is 16.5. The number of benzene rings is 2. The van der Waals surface area contributed by atoms with Crippen molar-refractivity contribution < 1.29 is 38.9 Å². The first-order valence-corrected chi connectivity index (χ1v) is 21.8. The zero-order chi connectivity index (χ0) is 44.6. The van der Waals surface area contributed by atoms with Gasteiger partial charge in [-0.3, -0.25) is 29.2 Å². The van der Waals surface area contributed by atoms with Crippen LogP contribution in [0.1, 0.15) is 90.2 Å². The zero-order valence-electron chi connectivity index (χ0n) is 37.1. The standard InChI is InChI=1S/C48H60N6O8/c1-9-53-40-15-14-30-24-36(40)37(43(53)35-12-10-16-49-41(35)28(4)61-8)25-48(5,6)26-62-47(60)38-13-11-17-54(51-38)46(59)39(20-29-18-31(30)21-33(55)19-29)50-44(57)42(27(2)3)52(7)45(58)32-22-34(56)23-32/h10,12,14-16,18-19,21,24,27-28,32,34,38,42,51,55-56H,9,11,13,17,20,22-23,25-26H2,1-8H3/t28-,32?,34?,38-,42-/m0/s1. The van der Waals surface area contributed by atoms with E-state index in [1.807, 2.05) is 39.0 Å². The first-order chi connectivity index (χ1) is 29.5. The van der Waals surface area contributed by atoms with E-state index in [4.69, 9.17) is 14.5 Å². The van der Waals surface area contributed by atoms with Gasteiger partial charge in [-0.1, -0.05) is 39.8 Å². The number of methoxy groups -OCH3 is 1. The average Bonchev–Trinajstić information content (AvgIpc) is 3.54. The molecule has 3 aliphatic rings. The van der Waals surface area contributed by atoms with Gasteiger partial charge < -0.3 is 29.2 Å². The summed E-state index contributed by atoms with van der Waals surface area (Å²) >= 11 is 0. The summed E-state index contributed by atoms with van der Waals surface area (Å²) in [5.41, 5.74) is 9.29. The summed E-state index contributed by atoms with van der Waals surface area (Å²) in [7, 11) is 3.23. The molecule has 2 fully saturated rings. The van der Waals surface area contributed by atoms with Crippen molar-refractivity contribution in [3.63, 3.8) is 0 Å². The highest BCUT2D eigenvalue weighted by Gasteiger charge is 2.40. The quantitative estimate of drug-likeness (QED) is 0.174. The van der Waals surface area contributed by atoms with Crippen molar-refractivity contribution in [1.82, 2.24) is 24.9 Å². The molecule has 3 amide bonds. The maximum Gasteiger partial charge on any atom is 0.324 e. The molecule has 14 nitrogen and oxygen atoms in total. The smallest absolute Gasteiger partial charge is 0.324 e. The van der Waals surface area contributed by atoms with Crippen LogP contribution >= 0.6 is 0 Å². The molecule has 6 bridgehead atoms. The number of cyclic esters (lactones) is 1. The van der Waals surface area contributed by atoms with Crippen LogP contribution in [-0.4, -0.2) is 105 Å². The highest BCUT2D eigenvalue weighted by molar-refractivity contribution is 6.40. The van der Waals surface area contributed by atoms with Crippen molar-refractivity contribution in [3.05, 3.63) is 71.5 Å². The lowest BCUT2D eigenvalue weighted by Crippen LogP contribution is -2.57. The first-order valence-electron chi connectivity index (χ1n) is 21.8. The Hall–Kier alpha value is -5.44. The second-order valence-electron chi connectivity index (χ2n) is 18.3. The Labute approximate surface area is 363 Å². The lowest BCUT2D eigenvalue weighted by molar-refractivity contribution is -0.153. The minimum atomic E-state index is -0.976. The number of phenols is 1. The van der Waals surface area contributed by atoms with E-state index >= 15 is 0 Å². The van der Waals surface area contributed by atoms with Crippen LogP contribution in [0.5, 0.6) is 5.75 Å². The summed E-state index contributed by atoms with van der Waals surface area (Å²) in [5.74, 6) is -2.79. The topological polar surface area (TPSA) is 176 Å². The Morgan fingerprint density at radius 2 is 1.85 bits per heavy atom. The van der Waals surface area contributed by atoms with Crippen LogP contribution in [0.25, 0.3) is 33.3 Å². The number of phenolic OH excluding ortho intramolecular Hbond substituents is 1. The number of aliphatic imine (C=N–C) groups is 1. The van der Waals surface area contributed by atoms with Crippen molar-refractivity contribution in [1.29, 1.82) is 0 Å². The van der Waals surface area contributed by atoms with E-state index in [9.17, 15) is 29.4 Å². The van der Waals surface area contributed by atoms with E-state index in [0.29, 0.717) is 49.8 Å². The molecule has 4 heterocycles. The molecule has 3 N–H and O–H groups in total. The van der Waals surface area contributed by atoms with Crippen molar-refractivity contribution in [2.75, 3.05) is 27.3 Å². The van der Waals surface area contributed by atoms with E-state index in [-0.39, 0.29) is 49.0 Å². The molecular weight excluding hydrogens is 789 g/mol. The van der Waals surface area contributed by atoms with Gasteiger partial charge in [0.25, 0.3) is 11.8 Å². The third-order valence-corrected chi connectivity index (χ3v) is 12.6. The molecular formula is C48H60N6O8. The van der Waals surface area contributed by atoms with Crippen LogP contribution in [0, 0.1) is 17.3 Å². The number of carbonyl (C=O) groups is 4. The minimum absolute atomic E-state index is 0.0289. The number of aromatic hydroxyl groups is 1. The maximum absolute atomic E-state index is 14.5. The molecule has 2 aromatic heterocycles. The number of hydrogen-bond acceptors (Lipinski definition) is 10. The number of fused-ring (bicyclic) bond motifs is 6. The summed E-state index contributed by atoms with van der Waals surface area (Å²) in [6.07, 6.45) is 2.94.